The summed E-state index contributed by atoms with van der Waals surface area (Å²) in [5, 5.41) is 3.01. The first-order chi connectivity index (χ1) is 10.0. The molecular weight excluding hydrogens is 292 g/mol. The lowest BCUT2D eigenvalue weighted by Gasteiger charge is -2.35. The van der Waals surface area contributed by atoms with Gasteiger partial charge in [0.2, 0.25) is 0 Å². The second-order valence-corrected chi connectivity index (χ2v) is 7.74. The summed E-state index contributed by atoms with van der Waals surface area (Å²) >= 11 is 0. The Morgan fingerprint density at radius 2 is 2.24 bits per heavy atom. The molecule has 0 aliphatic carbocycles. The molecule has 0 aromatic heterocycles. The van der Waals surface area contributed by atoms with Gasteiger partial charge in [0.15, 0.2) is 0 Å². The molecule has 2 saturated heterocycles. The molecule has 2 N–H and O–H groups in total. The van der Waals surface area contributed by atoms with Gasteiger partial charge in [-0.25, -0.2) is 0 Å². The number of morpholine rings is 1. The molecule has 2 atom stereocenters. The van der Waals surface area contributed by atoms with Crippen LogP contribution in [0.25, 0.3) is 0 Å². The topological polar surface area (TPSA) is 73.9 Å². The fraction of sp³-hybridized carbons (Fsp3) is 1.00. The van der Waals surface area contributed by atoms with Gasteiger partial charge in [-0.3, -0.25) is 4.90 Å². The van der Waals surface area contributed by atoms with Gasteiger partial charge in [0.1, 0.15) is 0 Å². The summed E-state index contributed by atoms with van der Waals surface area (Å²) in [6, 6.07) is 0.544. The second-order valence-electron chi connectivity index (χ2n) is 5.88. The zero-order chi connectivity index (χ0) is 15.3. The van der Waals surface area contributed by atoms with Crippen LogP contribution in [0.5, 0.6) is 0 Å². The zero-order valence-corrected chi connectivity index (χ0v) is 13.9. The lowest BCUT2D eigenvalue weighted by molar-refractivity contribution is -0.0450. The summed E-state index contributed by atoms with van der Waals surface area (Å²) in [5.74, 6) is 0. The fourth-order valence-corrected chi connectivity index (χ4v) is 3.90. The van der Waals surface area contributed by atoms with Crippen LogP contribution in [0, 0.1) is 0 Å². The van der Waals surface area contributed by atoms with Crippen LogP contribution in [0.2, 0.25) is 0 Å². The molecule has 2 fully saturated rings. The van der Waals surface area contributed by atoms with E-state index in [0.717, 1.165) is 32.7 Å². The molecule has 2 rings (SSSR count). The lowest BCUT2D eigenvalue weighted by atomic mass is 10.2. The highest BCUT2D eigenvalue weighted by Crippen LogP contribution is 2.22. The van der Waals surface area contributed by atoms with E-state index in [1.54, 1.807) is 7.05 Å². The maximum atomic E-state index is 12.1. The van der Waals surface area contributed by atoms with E-state index in [1.165, 1.54) is 17.1 Å². The Morgan fingerprint density at radius 3 is 3.00 bits per heavy atom. The third-order valence-corrected chi connectivity index (χ3v) is 5.80. The van der Waals surface area contributed by atoms with Crippen molar-refractivity contribution < 1.29 is 13.2 Å². The molecule has 2 aliphatic rings. The molecule has 2 heterocycles. The van der Waals surface area contributed by atoms with Crippen molar-refractivity contribution in [3.8, 4) is 0 Å². The minimum atomic E-state index is -3.41. The molecule has 0 radical (unpaired) electrons. The molecule has 7 nitrogen and oxygen atoms in total. The molecule has 2 aliphatic heterocycles. The van der Waals surface area contributed by atoms with Gasteiger partial charge in [0.05, 0.1) is 12.7 Å². The molecule has 2 unspecified atom stereocenters. The summed E-state index contributed by atoms with van der Waals surface area (Å²) in [5.41, 5.74) is 0. The van der Waals surface area contributed by atoms with Gasteiger partial charge in [0.25, 0.3) is 10.2 Å². The summed E-state index contributed by atoms with van der Waals surface area (Å²) < 4.78 is 34.0. The van der Waals surface area contributed by atoms with Crippen molar-refractivity contribution in [3.05, 3.63) is 0 Å². The van der Waals surface area contributed by atoms with Crippen LogP contribution in [0.3, 0.4) is 0 Å². The first-order valence-corrected chi connectivity index (χ1v) is 9.18. The van der Waals surface area contributed by atoms with Crippen molar-refractivity contribution >= 4 is 10.2 Å². The van der Waals surface area contributed by atoms with Crippen molar-refractivity contribution in [1.82, 2.24) is 19.2 Å². The van der Waals surface area contributed by atoms with Crippen LogP contribution < -0.4 is 10.0 Å². The van der Waals surface area contributed by atoms with Crippen molar-refractivity contribution in [2.75, 3.05) is 53.4 Å². The molecule has 0 aromatic rings. The van der Waals surface area contributed by atoms with E-state index in [0.29, 0.717) is 19.1 Å². The average Bonchev–Trinajstić information content (AvgIpc) is 2.92. The van der Waals surface area contributed by atoms with E-state index in [1.807, 2.05) is 7.05 Å². The van der Waals surface area contributed by atoms with Crippen molar-refractivity contribution in [2.24, 2.45) is 0 Å². The minimum absolute atomic E-state index is 0.0418. The minimum Gasteiger partial charge on any atom is -0.374 e. The quantitative estimate of drug-likeness (QED) is 0.574. The van der Waals surface area contributed by atoms with E-state index in [4.69, 9.17) is 4.74 Å². The standard InChI is InChI=1S/C13H28N4O3S/c1-14-6-4-7-16(2)21(18,19)15-9-13-10-17-8-3-5-12(17)11-20-13/h12-15H,3-11H2,1-2H3. The Kier molecular flexibility index (Phi) is 6.39. The highest BCUT2D eigenvalue weighted by Gasteiger charge is 2.32. The molecule has 0 saturated carbocycles. The number of ether oxygens (including phenoxy) is 1. The van der Waals surface area contributed by atoms with Gasteiger partial charge in [0, 0.05) is 32.7 Å². The lowest BCUT2D eigenvalue weighted by Crippen LogP contribution is -2.51. The SMILES string of the molecule is CNCCCN(C)S(=O)(=O)NCC1CN2CCCC2CO1. The Bertz CT molecular complexity index is 418. The number of hydrogen-bond acceptors (Lipinski definition) is 5. The predicted molar refractivity (Wildman–Crippen MR) is 82.4 cm³/mol. The van der Waals surface area contributed by atoms with E-state index >= 15 is 0 Å². The van der Waals surface area contributed by atoms with Gasteiger partial charge in [-0.1, -0.05) is 0 Å². The van der Waals surface area contributed by atoms with E-state index in [9.17, 15) is 8.42 Å². The molecular formula is C13H28N4O3S. The molecule has 0 spiro atoms. The summed E-state index contributed by atoms with van der Waals surface area (Å²) in [4.78, 5) is 2.42. The smallest absolute Gasteiger partial charge is 0.279 e. The van der Waals surface area contributed by atoms with Crippen molar-refractivity contribution in [3.63, 3.8) is 0 Å². The van der Waals surface area contributed by atoms with E-state index in [-0.39, 0.29) is 6.10 Å². The zero-order valence-electron chi connectivity index (χ0n) is 13.0. The van der Waals surface area contributed by atoms with Crippen molar-refractivity contribution in [1.29, 1.82) is 0 Å². The average molecular weight is 320 g/mol. The van der Waals surface area contributed by atoms with Crippen LogP contribution in [0.1, 0.15) is 19.3 Å². The van der Waals surface area contributed by atoms with Crippen LogP contribution in [0.15, 0.2) is 0 Å². The second kappa shape index (κ2) is 7.85. The number of rotatable bonds is 8. The van der Waals surface area contributed by atoms with Gasteiger partial charge >= 0.3 is 0 Å². The maximum absolute atomic E-state index is 12.1. The maximum Gasteiger partial charge on any atom is 0.279 e. The normalized spacial score (nSPS) is 27.2. The van der Waals surface area contributed by atoms with Gasteiger partial charge in [-0.05, 0) is 39.4 Å². The molecule has 0 bridgehead atoms. The summed E-state index contributed by atoms with van der Waals surface area (Å²) in [6.07, 6.45) is 3.18. The first kappa shape index (κ1) is 17.1. The number of fused-ring (bicyclic) bond motifs is 1. The van der Waals surface area contributed by atoms with Gasteiger partial charge in [-0.15, -0.1) is 0 Å². The largest absolute Gasteiger partial charge is 0.374 e. The van der Waals surface area contributed by atoms with Crippen molar-refractivity contribution in [2.45, 2.75) is 31.4 Å². The predicted octanol–water partition coefficient (Wildman–Crippen LogP) is -0.775. The highest BCUT2D eigenvalue weighted by atomic mass is 32.2. The third kappa shape index (κ3) is 4.87. The van der Waals surface area contributed by atoms with Crippen LogP contribution in [-0.2, 0) is 14.9 Å². The molecule has 124 valence electrons. The molecule has 21 heavy (non-hydrogen) atoms. The van der Waals surface area contributed by atoms with E-state index < -0.39 is 10.2 Å². The third-order valence-electron chi connectivity index (χ3n) is 4.27. The number of nitrogens with zero attached hydrogens (tertiary/aromatic N) is 2. The van der Waals surface area contributed by atoms with Crippen LogP contribution in [0.4, 0.5) is 0 Å². The monoisotopic (exact) mass is 320 g/mol. The molecule has 0 aromatic carbocycles. The number of hydrogen-bond donors (Lipinski definition) is 2. The molecule has 8 heteroatoms. The van der Waals surface area contributed by atoms with E-state index in [2.05, 4.69) is 14.9 Å². The number of nitrogens with one attached hydrogen (secondary N) is 2. The summed E-state index contributed by atoms with van der Waals surface area (Å²) in [7, 11) is 0.0621. The van der Waals surface area contributed by atoms with Crippen LogP contribution >= 0.6 is 0 Å². The Balaban J connectivity index is 1.73. The molecule has 0 amide bonds. The van der Waals surface area contributed by atoms with Crippen LogP contribution in [-0.4, -0.2) is 83.2 Å². The highest BCUT2D eigenvalue weighted by molar-refractivity contribution is 7.87. The fourth-order valence-electron chi connectivity index (χ4n) is 2.92. The Morgan fingerprint density at radius 1 is 1.43 bits per heavy atom. The van der Waals surface area contributed by atoms with Gasteiger partial charge < -0.3 is 10.1 Å². The Labute approximate surface area is 128 Å². The summed E-state index contributed by atoms with van der Waals surface area (Å²) in [6.45, 7) is 4.34. The Hall–Kier alpha value is -0.250. The van der Waals surface area contributed by atoms with Gasteiger partial charge in [-0.2, -0.15) is 17.4 Å². The first-order valence-electron chi connectivity index (χ1n) is 7.74.